The van der Waals surface area contributed by atoms with E-state index in [0.717, 1.165) is 0 Å². The summed E-state index contributed by atoms with van der Waals surface area (Å²) in [5.74, 6) is -3.06. The molecule has 1 aromatic rings. The van der Waals surface area contributed by atoms with Crippen LogP contribution in [0.4, 0.5) is 17.6 Å². The van der Waals surface area contributed by atoms with E-state index in [1.54, 1.807) is 0 Å². The van der Waals surface area contributed by atoms with Gasteiger partial charge in [0.05, 0.1) is 5.56 Å². The van der Waals surface area contributed by atoms with Crippen LogP contribution >= 0.6 is 0 Å². The topological polar surface area (TPSA) is 40.9 Å². The van der Waals surface area contributed by atoms with Crippen LogP contribution in [0, 0.1) is 17.1 Å². The molecule has 0 fully saturated rings. The van der Waals surface area contributed by atoms with Crippen LogP contribution in [0.1, 0.15) is 15.9 Å². The number of carbonyl (C=O) groups is 1. The molecule has 0 bridgehead atoms. The number of carbonyl (C=O) groups excluding carboxylic acids is 1. The maximum Gasteiger partial charge on any atom is 0.454 e. The van der Waals surface area contributed by atoms with Crippen molar-refractivity contribution in [1.82, 2.24) is 0 Å². The highest BCUT2D eigenvalue weighted by atomic mass is 19.4. The minimum atomic E-state index is -5.02. The first-order valence-electron chi connectivity index (χ1n) is 3.67. The molecule has 0 radical (unpaired) electrons. The summed E-state index contributed by atoms with van der Waals surface area (Å²) in [5.41, 5.74) is -1.34. The van der Waals surface area contributed by atoms with Crippen molar-refractivity contribution >= 4 is 5.78 Å². The van der Waals surface area contributed by atoms with Gasteiger partial charge in [0.25, 0.3) is 5.78 Å². The van der Waals surface area contributed by atoms with E-state index >= 15 is 0 Å². The van der Waals surface area contributed by atoms with Crippen LogP contribution < -0.4 is 0 Å². The molecule has 0 aliphatic heterocycles. The number of hydrogen-bond donors (Lipinski definition) is 0. The summed E-state index contributed by atoms with van der Waals surface area (Å²) in [6, 6.07) is 3.26. The van der Waals surface area contributed by atoms with Gasteiger partial charge < -0.3 is 0 Å². The number of Topliss-reactive ketones (excluding diaryl/α,β-unsaturated/α-hetero) is 1. The zero-order chi connectivity index (χ0) is 11.6. The Hall–Kier alpha value is -1.90. The van der Waals surface area contributed by atoms with Crippen molar-refractivity contribution in [1.29, 1.82) is 5.26 Å². The predicted molar refractivity (Wildman–Crippen MR) is 41.5 cm³/mol. The first kappa shape index (κ1) is 11.2. The second-order valence-electron chi connectivity index (χ2n) is 2.63. The van der Waals surface area contributed by atoms with E-state index in [9.17, 15) is 22.4 Å². The second kappa shape index (κ2) is 3.69. The van der Waals surface area contributed by atoms with E-state index in [2.05, 4.69) is 0 Å². The fourth-order valence-electron chi connectivity index (χ4n) is 0.916. The average molecular weight is 217 g/mol. The van der Waals surface area contributed by atoms with Gasteiger partial charge in [-0.15, -0.1) is 0 Å². The van der Waals surface area contributed by atoms with Crippen LogP contribution in [0.3, 0.4) is 0 Å². The van der Waals surface area contributed by atoms with Gasteiger partial charge in [0.1, 0.15) is 11.9 Å². The highest BCUT2D eigenvalue weighted by molar-refractivity contribution is 6.00. The molecule has 0 spiro atoms. The average Bonchev–Trinajstić information content (AvgIpc) is 2.16. The SMILES string of the molecule is N#Cc1cc(C(=O)C(F)(F)F)ccc1F. The lowest BCUT2D eigenvalue weighted by atomic mass is 10.1. The van der Waals surface area contributed by atoms with Crippen molar-refractivity contribution in [2.75, 3.05) is 0 Å². The Morgan fingerprint density at radius 3 is 2.40 bits per heavy atom. The summed E-state index contributed by atoms with van der Waals surface area (Å²) >= 11 is 0. The number of benzene rings is 1. The molecular weight excluding hydrogens is 214 g/mol. The second-order valence-corrected chi connectivity index (χ2v) is 2.63. The number of alkyl halides is 3. The van der Waals surface area contributed by atoms with Crippen LogP contribution in [0.15, 0.2) is 18.2 Å². The van der Waals surface area contributed by atoms with E-state index in [4.69, 9.17) is 5.26 Å². The number of ketones is 1. The fourth-order valence-corrected chi connectivity index (χ4v) is 0.916. The summed E-state index contributed by atoms with van der Waals surface area (Å²) in [4.78, 5) is 10.7. The molecule has 0 saturated carbocycles. The van der Waals surface area contributed by atoms with E-state index in [1.165, 1.54) is 6.07 Å². The summed E-state index contributed by atoms with van der Waals surface area (Å²) in [5, 5.41) is 8.34. The first-order chi connectivity index (χ1) is 6.86. The van der Waals surface area contributed by atoms with E-state index in [0.29, 0.717) is 18.2 Å². The lowest BCUT2D eigenvalue weighted by Gasteiger charge is -2.05. The number of rotatable bonds is 1. The van der Waals surface area contributed by atoms with E-state index in [-0.39, 0.29) is 0 Å². The Bertz CT molecular complexity index is 444. The monoisotopic (exact) mass is 217 g/mol. The van der Waals surface area contributed by atoms with Gasteiger partial charge in [-0.3, -0.25) is 4.79 Å². The molecule has 0 aliphatic carbocycles. The first-order valence-corrected chi connectivity index (χ1v) is 3.67. The van der Waals surface area contributed by atoms with Gasteiger partial charge in [0.15, 0.2) is 0 Å². The smallest absolute Gasteiger partial charge is 0.284 e. The van der Waals surface area contributed by atoms with Crippen molar-refractivity contribution in [3.05, 3.63) is 35.1 Å². The van der Waals surface area contributed by atoms with Crippen molar-refractivity contribution < 1.29 is 22.4 Å². The van der Waals surface area contributed by atoms with Gasteiger partial charge in [-0.2, -0.15) is 18.4 Å². The van der Waals surface area contributed by atoms with Gasteiger partial charge in [-0.05, 0) is 18.2 Å². The summed E-state index contributed by atoms with van der Waals surface area (Å²) < 4.78 is 48.5. The van der Waals surface area contributed by atoms with E-state index in [1.807, 2.05) is 0 Å². The van der Waals surface area contributed by atoms with Gasteiger partial charge in [0, 0.05) is 5.56 Å². The van der Waals surface area contributed by atoms with Crippen LogP contribution in [-0.4, -0.2) is 12.0 Å². The molecule has 2 nitrogen and oxygen atoms in total. The van der Waals surface area contributed by atoms with Crippen molar-refractivity contribution in [3.63, 3.8) is 0 Å². The van der Waals surface area contributed by atoms with Gasteiger partial charge >= 0.3 is 6.18 Å². The molecule has 0 aliphatic rings. The van der Waals surface area contributed by atoms with Crippen LogP contribution in [-0.2, 0) is 0 Å². The number of hydrogen-bond acceptors (Lipinski definition) is 2. The molecule has 15 heavy (non-hydrogen) atoms. The van der Waals surface area contributed by atoms with E-state index < -0.39 is 28.9 Å². The molecule has 0 atom stereocenters. The summed E-state index contributed by atoms with van der Waals surface area (Å²) in [7, 11) is 0. The lowest BCUT2D eigenvalue weighted by molar-refractivity contribution is -0.0885. The Kier molecular flexibility index (Phi) is 2.75. The quantitative estimate of drug-likeness (QED) is 0.535. The molecule has 6 heteroatoms. The van der Waals surface area contributed by atoms with Crippen LogP contribution in [0.5, 0.6) is 0 Å². The largest absolute Gasteiger partial charge is 0.454 e. The molecule has 0 aromatic heterocycles. The molecule has 0 N–H and O–H groups in total. The zero-order valence-corrected chi connectivity index (χ0v) is 7.10. The summed E-state index contributed by atoms with van der Waals surface area (Å²) in [6.45, 7) is 0. The zero-order valence-electron chi connectivity index (χ0n) is 7.10. The standard InChI is InChI=1S/C9H3F4NO/c10-7-2-1-5(3-6(7)4-14)8(15)9(11,12)13/h1-3H. The molecule has 78 valence electrons. The minimum absolute atomic E-state index is 0.575. The maximum absolute atomic E-state index is 12.7. The normalized spacial score (nSPS) is 10.9. The molecule has 1 rings (SSSR count). The number of nitrogens with zero attached hydrogens (tertiary/aromatic N) is 1. The van der Waals surface area contributed by atoms with Crippen molar-refractivity contribution in [2.24, 2.45) is 0 Å². The van der Waals surface area contributed by atoms with Gasteiger partial charge in [-0.25, -0.2) is 4.39 Å². The molecule has 0 amide bonds. The van der Waals surface area contributed by atoms with Gasteiger partial charge in [0.2, 0.25) is 0 Å². The molecule has 0 heterocycles. The highest BCUT2D eigenvalue weighted by Crippen LogP contribution is 2.22. The molecule has 1 aromatic carbocycles. The highest BCUT2D eigenvalue weighted by Gasteiger charge is 2.39. The Labute approximate surface area is 81.7 Å². The van der Waals surface area contributed by atoms with Crippen molar-refractivity contribution in [3.8, 4) is 6.07 Å². The predicted octanol–water partition coefficient (Wildman–Crippen LogP) is 2.44. The third-order valence-corrected chi connectivity index (χ3v) is 1.61. The Morgan fingerprint density at radius 1 is 1.33 bits per heavy atom. The number of halogens is 4. The maximum atomic E-state index is 12.7. The van der Waals surface area contributed by atoms with Crippen LogP contribution in [0.25, 0.3) is 0 Å². The Balaban J connectivity index is 3.20. The fraction of sp³-hybridized carbons (Fsp3) is 0.111. The molecule has 0 saturated heterocycles. The van der Waals surface area contributed by atoms with Gasteiger partial charge in [-0.1, -0.05) is 0 Å². The molecular formula is C9H3F4NO. The third kappa shape index (κ3) is 2.31. The minimum Gasteiger partial charge on any atom is -0.284 e. The third-order valence-electron chi connectivity index (χ3n) is 1.61. The molecule has 0 unspecified atom stereocenters. The Morgan fingerprint density at radius 2 is 1.93 bits per heavy atom. The summed E-state index contributed by atoms with van der Waals surface area (Å²) in [6.07, 6.45) is -5.02. The lowest BCUT2D eigenvalue weighted by Crippen LogP contribution is -2.22. The van der Waals surface area contributed by atoms with Crippen LogP contribution in [0.2, 0.25) is 0 Å². The number of nitriles is 1. The van der Waals surface area contributed by atoms with Crippen molar-refractivity contribution in [2.45, 2.75) is 6.18 Å².